The molecule has 0 amide bonds. The first-order valence-electron chi connectivity index (χ1n) is 6.62. The summed E-state index contributed by atoms with van der Waals surface area (Å²) in [7, 11) is 0. The van der Waals surface area contributed by atoms with E-state index in [0.29, 0.717) is 18.0 Å². The Labute approximate surface area is 105 Å². The molecule has 98 valence electrons. The Kier molecular flexibility index (Phi) is 5.62. The number of nitrogens with one attached hydrogen (secondary N) is 1. The molecule has 1 aromatic rings. The van der Waals surface area contributed by atoms with Gasteiger partial charge in [0, 0.05) is 18.5 Å². The average molecular weight is 238 g/mol. The number of aromatic nitrogens is 3. The molecule has 0 aliphatic carbocycles. The Bertz CT molecular complexity index is 317. The van der Waals surface area contributed by atoms with Crippen LogP contribution in [-0.4, -0.2) is 27.4 Å². The fourth-order valence-electron chi connectivity index (χ4n) is 1.80. The van der Waals surface area contributed by atoms with E-state index in [2.05, 4.69) is 50.0 Å². The van der Waals surface area contributed by atoms with E-state index in [4.69, 9.17) is 0 Å². The highest BCUT2D eigenvalue weighted by atomic mass is 15.3. The first kappa shape index (κ1) is 14.2. The summed E-state index contributed by atoms with van der Waals surface area (Å²) in [5, 5.41) is 7.73. The molecule has 0 spiro atoms. The third-order valence-electron chi connectivity index (χ3n) is 2.87. The lowest BCUT2D eigenvalue weighted by Crippen LogP contribution is -2.28. The summed E-state index contributed by atoms with van der Waals surface area (Å²) in [5.41, 5.74) is 0. The third kappa shape index (κ3) is 4.86. The van der Waals surface area contributed by atoms with Crippen molar-refractivity contribution in [1.82, 2.24) is 20.1 Å². The van der Waals surface area contributed by atoms with Crippen molar-refractivity contribution >= 4 is 0 Å². The standard InChI is InChI=1S/C13H26N4/c1-10(2)14-8-12(5)6-7-13-15-9-16-17(13)11(3)4/h9-12,14H,6-8H2,1-5H3. The van der Waals surface area contributed by atoms with Gasteiger partial charge in [0.15, 0.2) is 0 Å². The minimum absolute atomic E-state index is 0.400. The van der Waals surface area contributed by atoms with Crippen molar-refractivity contribution in [3.05, 3.63) is 12.2 Å². The van der Waals surface area contributed by atoms with Gasteiger partial charge in [0.25, 0.3) is 0 Å². The maximum atomic E-state index is 4.34. The largest absolute Gasteiger partial charge is 0.314 e. The molecule has 4 heteroatoms. The lowest BCUT2D eigenvalue weighted by atomic mass is 10.1. The predicted molar refractivity (Wildman–Crippen MR) is 71.0 cm³/mol. The van der Waals surface area contributed by atoms with Crippen LogP contribution in [0.3, 0.4) is 0 Å². The molecule has 1 heterocycles. The molecule has 17 heavy (non-hydrogen) atoms. The van der Waals surface area contributed by atoms with Gasteiger partial charge in [0.2, 0.25) is 0 Å². The summed E-state index contributed by atoms with van der Waals surface area (Å²) >= 11 is 0. The van der Waals surface area contributed by atoms with Crippen LogP contribution in [0.5, 0.6) is 0 Å². The Hall–Kier alpha value is -0.900. The maximum absolute atomic E-state index is 4.34. The van der Waals surface area contributed by atoms with E-state index in [-0.39, 0.29) is 0 Å². The van der Waals surface area contributed by atoms with E-state index in [0.717, 1.165) is 25.2 Å². The van der Waals surface area contributed by atoms with Crippen molar-refractivity contribution in [3.8, 4) is 0 Å². The summed E-state index contributed by atoms with van der Waals surface area (Å²) in [6.45, 7) is 12.0. The fourth-order valence-corrected chi connectivity index (χ4v) is 1.80. The molecule has 0 radical (unpaired) electrons. The van der Waals surface area contributed by atoms with E-state index in [9.17, 15) is 0 Å². The maximum Gasteiger partial charge on any atom is 0.138 e. The summed E-state index contributed by atoms with van der Waals surface area (Å²) in [6, 6.07) is 0.966. The zero-order chi connectivity index (χ0) is 12.8. The van der Waals surface area contributed by atoms with Gasteiger partial charge in [-0.25, -0.2) is 9.67 Å². The van der Waals surface area contributed by atoms with Crippen molar-refractivity contribution in [2.75, 3.05) is 6.54 Å². The second-order valence-corrected chi connectivity index (χ2v) is 5.42. The molecule has 0 aliphatic heterocycles. The lowest BCUT2D eigenvalue weighted by molar-refractivity contribution is 0.436. The minimum atomic E-state index is 0.400. The first-order chi connectivity index (χ1) is 8.00. The van der Waals surface area contributed by atoms with Crippen LogP contribution in [0.2, 0.25) is 0 Å². The Balaban J connectivity index is 2.36. The van der Waals surface area contributed by atoms with Crippen LogP contribution in [0, 0.1) is 5.92 Å². The number of hydrogen-bond acceptors (Lipinski definition) is 3. The number of aryl methyl sites for hydroxylation is 1. The zero-order valence-electron chi connectivity index (χ0n) is 11.8. The third-order valence-corrected chi connectivity index (χ3v) is 2.87. The van der Waals surface area contributed by atoms with Gasteiger partial charge < -0.3 is 5.32 Å². The van der Waals surface area contributed by atoms with Gasteiger partial charge in [-0.2, -0.15) is 5.10 Å². The van der Waals surface area contributed by atoms with Crippen LogP contribution in [0.1, 0.15) is 52.9 Å². The highest BCUT2D eigenvalue weighted by Gasteiger charge is 2.09. The first-order valence-corrected chi connectivity index (χ1v) is 6.62. The van der Waals surface area contributed by atoms with Crippen LogP contribution in [0.25, 0.3) is 0 Å². The fraction of sp³-hybridized carbons (Fsp3) is 0.846. The minimum Gasteiger partial charge on any atom is -0.314 e. The number of nitrogens with zero attached hydrogens (tertiary/aromatic N) is 3. The van der Waals surface area contributed by atoms with Gasteiger partial charge in [-0.3, -0.25) is 0 Å². The molecule has 0 saturated carbocycles. The topological polar surface area (TPSA) is 42.7 Å². The molecule has 0 saturated heterocycles. The van der Waals surface area contributed by atoms with Gasteiger partial charge in [-0.1, -0.05) is 20.8 Å². The molecule has 4 nitrogen and oxygen atoms in total. The van der Waals surface area contributed by atoms with Crippen molar-refractivity contribution in [2.45, 2.75) is 59.5 Å². The molecule has 0 bridgehead atoms. The Morgan fingerprint density at radius 2 is 1.94 bits per heavy atom. The summed E-state index contributed by atoms with van der Waals surface area (Å²) in [5.74, 6) is 1.78. The Morgan fingerprint density at radius 1 is 1.24 bits per heavy atom. The molecule has 1 N–H and O–H groups in total. The van der Waals surface area contributed by atoms with E-state index in [1.54, 1.807) is 6.33 Å². The van der Waals surface area contributed by atoms with Crippen molar-refractivity contribution in [1.29, 1.82) is 0 Å². The SMILES string of the molecule is CC(CCc1ncnn1C(C)C)CNC(C)C. The molecule has 0 fully saturated rings. The van der Waals surface area contributed by atoms with E-state index in [1.165, 1.54) is 0 Å². The second kappa shape index (κ2) is 6.74. The highest BCUT2D eigenvalue weighted by molar-refractivity contribution is 4.87. The predicted octanol–water partition coefficient (Wildman–Crippen LogP) is 2.43. The highest BCUT2D eigenvalue weighted by Crippen LogP contribution is 2.10. The molecule has 1 aromatic heterocycles. The average Bonchev–Trinajstić information content (AvgIpc) is 2.71. The van der Waals surface area contributed by atoms with Crippen LogP contribution >= 0.6 is 0 Å². The van der Waals surface area contributed by atoms with Gasteiger partial charge in [0.1, 0.15) is 12.2 Å². The van der Waals surface area contributed by atoms with Crippen LogP contribution in [0.15, 0.2) is 6.33 Å². The van der Waals surface area contributed by atoms with E-state index in [1.807, 2.05) is 4.68 Å². The van der Waals surface area contributed by atoms with Crippen LogP contribution in [0.4, 0.5) is 0 Å². The monoisotopic (exact) mass is 238 g/mol. The lowest BCUT2D eigenvalue weighted by Gasteiger charge is -2.15. The molecule has 0 aliphatic rings. The smallest absolute Gasteiger partial charge is 0.138 e. The van der Waals surface area contributed by atoms with Crippen molar-refractivity contribution in [2.24, 2.45) is 5.92 Å². The van der Waals surface area contributed by atoms with E-state index < -0.39 is 0 Å². The number of rotatable bonds is 7. The van der Waals surface area contributed by atoms with Gasteiger partial charge >= 0.3 is 0 Å². The summed E-state index contributed by atoms with van der Waals surface area (Å²) < 4.78 is 2.02. The van der Waals surface area contributed by atoms with Crippen LogP contribution in [-0.2, 0) is 6.42 Å². The molecule has 0 aromatic carbocycles. The zero-order valence-corrected chi connectivity index (χ0v) is 11.8. The van der Waals surface area contributed by atoms with Crippen molar-refractivity contribution in [3.63, 3.8) is 0 Å². The van der Waals surface area contributed by atoms with Crippen LogP contribution < -0.4 is 5.32 Å². The van der Waals surface area contributed by atoms with E-state index >= 15 is 0 Å². The summed E-state index contributed by atoms with van der Waals surface area (Å²) in [4.78, 5) is 4.34. The molecular weight excluding hydrogens is 212 g/mol. The van der Waals surface area contributed by atoms with Crippen molar-refractivity contribution < 1.29 is 0 Å². The molecule has 1 atom stereocenters. The molecule has 1 rings (SSSR count). The summed E-state index contributed by atoms with van der Waals surface area (Å²) in [6.07, 6.45) is 3.83. The molecule has 1 unspecified atom stereocenters. The Morgan fingerprint density at radius 3 is 2.53 bits per heavy atom. The normalized spacial score (nSPS) is 13.6. The number of hydrogen-bond donors (Lipinski definition) is 1. The molecular formula is C13H26N4. The van der Waals surface area contributed by atoms with Gasteiger partial charge in [-0.15, -0.1) is 0 Å². The second-order valence-electron chi connectivity index (χ2n) is 5.42. The van der Waals surface area contributed by atoms with Gasteiger partial charge in [-0.05, 0) is 32.7 Å². The quantitative estimate of drug-likeness (QED) is 0.793. The van der Waals surface area contributed by atoms with Gasteiger partial charge in [0.05, 0.1) is 0 Å².